The van der Waals surface area contributed by atoms with Gasteiger partial charge in [0.2, 0.25) is 0 Å². The Morgan fingerprint density at radius 2 is 2.23 bits per heavy atom. The number of hydrogen-bond acceptors (Lipinski definition) is 4. The molecule has 2 rings (SSSR count). The Hall–Kier alpha value is -1.86. The largest absolute Gasteiger partial charge is 0.481 e. The van der Waals surface area contributed by atoms with E-state index in [1.54, 1.807) is 18.4 Å². The van der Waals surface area contributed by atoms with Crippen LogP contribution in [0.4, 0.5) is 4.79 Å². The molecule has 8 heteroatoms. The van der Waals surface area contributed by atoms with Gasteiger partial charge in [0.05, 0.1) is 21.6 Å². The molecule has 0 bridgehead atoms. The van der Waals surface area contributed by atoms with Crippen molar-refractivity contribution in [3.8, 4) is 0 Å². The molecule has 1 heterocycles. The lowest BCUT2D eigenvalue weighted by molar-refractivity contribution is -0.137. The van der Waals surface area contributed by atoms with Crippen LogP contribution >= 0.6 is 22.9 Å². The monoisotopic (exact) mass is 341 g/mol. The predicted molar refractivity (Wildman–Crippen MR) is 86.6 cm³/mol. The number of hydrogen-bond donors (Lipinski definition) is 2. The minimum Gasteiger partial charge on any atom is -0.481 e. The third kappa shape index (κ3) is 4.57. The van der Waals surface area contributed by atoms with Crippen LogP contribution in [-0.2, 0) is 11.2 Å². The van der Waals surface area contributed by atoms with Crippen LogP contribution < -0.4 is 5.32 Å². The topological polar surface area (TPSA) is 82.5 Å². The number of carbonyl (C=O) groups is 2. The summed E-state index contributed by atoms with van der Waals surface area (Å²) in [5.74, 6) is -0.923. The number of thiazole rings is 1. The van der Waals surface area contributed by atoms with Crippen LogP contribution in [0.1, 0.15) is 11.4 Å². The van der Waals surface area contributed by atoms with Crippen molar-refractivity contribution in [1.82, 2.24) is 15.2 Å². The molecule has 118 valence electrons. The highest BCUT2D eigenvalue weighted by Gasteiger charge is 2.10. The molecule has 2 aromatic rings. The number of nitrogens with zero attached hydrogens (tertiary/aromatic N) is 2. The van der Waals surface area contributed by atoms with Gasteiger partial charge in [-0.05, 0) is 18.2 Å². The van der Waals surface area contributed by atoms with Crippen LogP contribution in [0, 0.1) is 0 Å². The highest BCUT2D eigenvalue weighted by Crippen LogP contribution is 2.24. The summed E-state index contributed by atoms with van der Waals surface area (Å²) >= 11 is 7.49. The fraction of sp³-hybridized carbons (Fsp3) is 0.357. The molecule has 1 aromatic carbocycles. The van der Waals surface area contributed by atoms with Crippen molar-refractivity contribution in [2.75, 3.05) is 20.1 Å². The first-order chi connectivity index (χ1) is 10.5. The van der Waals surface area contributed by atoms with Gasteiger partial charge < -0.3 is 15.3 Å². The van der Waals surface area contributed by atoms with Crippen LogP contribution in [0.5, 0.6) is 0 Å². The summed E-state index contributed by atoms with van der Waals surface area (Å²) in [5.41, 5.74) is 0.859. The van der Waals surface area contributed by atoms with E-state index in [1.165, 1.54) is 4.90 Å². The lowest BCUT2D eigenvalue weighted by Gasteiger charge is -2.16. The van der Waals surface area contributed by atoms with Gasteiger partial charge in [-0.2, -0.15) is 0 Å². The summed E-state index contributed by atoms with van der Waals surface area (Å²) in [4.78, 5) is 28.0. The number of rotatable bonds is 6. The zero-order valence-corrected chi connectivity index (χ0v) is 13.6. The normalized spacial score (nSPS) is 10.6. The van der Waals surface area contributed by atoms with E-state index in [0.29, 0.717) is 18.0 Å². The standard InChI is InChI=1S/C14H16ClN3O3S/c1-18(7-5-13(19)20)14(21)16-6-4-12-17-10-8-9(15)2-3-11(10)22-12/h2-3,8H,4-7H2,1H3,(H,16,21)(H,19,20). The number of urea groups is 1. The lowest BCUT2D eigenvalue weighted by Crippen LogP contribution is -2.39. The number of fused-ring (bicyclic) bond motifs is 1. The van der Waals surface area contributed by atoms with E-state index in [2.05, 4.69) is 10.3 Å². The molecule has 0 unspecified atom stereocenters. The maximum absolute atomic E-state index is 11.8. The SMILES string of the molecule is CN(CCC(=O)O)C(=O)NCCc1nc2cc(Cl)ccc2s1. The van der Waals surface area contributed by atoms with E-state index in [0.717, 1.165) is 15.2 Å². The van der Waals surface area contributed by atoms with Crippen LogP contribution in [0.3, 0.4) is 0 Å². The highest BCUT2D eigenvalue weighted by atomic mass is 35.5. The number of benzene rings is 1. The number of nitrogens with one attached hydrogen (secondary N) is 1. The molecule has 6 nitrogen and oxygen atoms in total. The molecule has 1 aromatic heterocycles. The summed E-state index contributed by atoms with van der Waals surface area (Å²) in [7, 11) is 1.57. The Morgan fingerprint density at radius 3 is 2.95 bits per heavy atom. The van der Waals surface area contributed by atoms with Crippen LogP contribution in [0.25, 0.3) is 10.2 Å². The van der Waals surface area contributed by atoms with Gasteiger partial charge in [-0.3, -0.25) is 4.79 Å². The first-order valence-corrected chi connectivity index (χ1v) is 7.91. The number of carboxylic acids is 1. The van der Waals surface area contributed by atoms with Gasteiger partial charge >= 0.3 is 12.0 Å². The zero-order chi connectivity index (χ0) is 16.1. The van der Waals surface area contributed by atoms with Gasteiger partial charge in [0, 0.05) is 31.6 Å². The number of carbonyl (C=O) groups excluding carboxylic acids is 1. The van der Waals surface area contributed by atoms with Gasteiger partial charge in [-0.15, -0.1) is 11.3 Å². The minimum absolute atomic E-state index is 0.0669. The van der Waals surface area contributed by atoms with Gasteiger partial charge in [0.25, 0.3) is 0 Å². The molecule has 0 aliphatic heterocycles. The average Bonchev–Trinajstić information content (AvgIpc) is 2.86. The Balaban J connectivity index is 1.82. The van der Waals surface area contributed by atoms with E-state index in [-0.39, 0.29) is 19.0 Å². The van der Waals surface area contributed by atoms with E-state index in [4.69, 9.17) is 16.7 Å². The summed E-state index contributed by atoms with van der Waals surface area (Å²) < 4.78 is 1.06. The van der Waals surface area contributed by atoms with E-state index in [9.17, 15) is 9.59 Å². The van der Waals surface area contributed by atoms with E-state index < -0.39 is 5.97 Å². The Labute approximate surface area is 136 Å². The maximum atomic E-state index is 11.8. The second-order valence-corrected chi connectivity index (χ2v) is 6.32. The average molecular weight is 342 g/mol. The predicted octanol–water partition coefficient (Wildman–Crippen LogP) is 2.61. The summed E-state index contributed by atoms with van der Waals surface area (Å²) in [5, 5.41) is 12.9. The van der Waals surface area contributed by atoms with Crippen molar-refractivity contribution in [2.24, 2.45) is 0 Å². The van der Waals surface area contributed by atoms with Crippen molar-refractivity contribution in [3.63, 3.8) is 0 Å². The van der Waals surface area contributed by atoms with Crippen LogP contribution in [-0.4, -0.2) is 47.1 Å². The van der Waals surface area contributed by atoms with Gasteiger partial charge in [0.15, 0.2) is 0 Å². The van der Waals surface area contributed by atoms with Crippen molar-refractivity contribution in [3.05, 3.63) is 28.2 Å². The molecule has 22 heavy (non-hydrogen) atoms. The fourth-order valence-electron chi connectivity index (χ4n) is 1.83. The smallest absolute Gasteiger partial charge is 0.317 e. The summed E-state index contributed by atoms with van der Waals surface area (Å²) in [6.45, 7) is 0.630. The van der Waals surface area contributed by atoms with Gasteiger partial charge in [-0.25, -0.2) is 9.78 Å². The third-order valence-electron chi connectivity index (χ3n) is 3.02. The van der Waals surface area contributed by atoms with E-state index >= 15 is 0 Å². The van der Waals surface area contributed by atoms with Crippen molar-refractivity contribution < 1.29 is 14.7 Å². The zero-order valence-electron chi connectivity index (χ0n) is 12.0. The molecule has 0 radical (unpaired) electrons. The summed E-state index contributed by atoms with van der Waals surface area (Å²) in [6.07, 6.45) is 0.554. The third-order valence-corrected chi connectivity index (χ3v) is 4.35. The number of carboxylic acid groups (broad SMARTS) is 1. The lowest BCUT2D eigenvalue weighted by atomic mass is 10.3. The summed E-state index contributed by atoms with van der Waals surface area (Å²) in [6, 6.07) is 5.28. The van der Waals surface area contributed by atoms with Gasteiger partial charge in [-0.1, -0.05) is 11.6 Å². The Bertz CT molecular complexity index is 689. The molecular weight excluding hydrogens is 326 g/mol. The fourth-order valence-corrected chi connectivity index (χ4v) is 2.94. The van der Waals surface area contributed by atoms with Crippen LogP contribution in [0.15, 0.2) is 18.2 Å². The molecule has 0 aliphatic rings. The molecular formula is C14H16ClN3O3S. The number of amides is 2. The molecule has 0 saturated heterocycles. The molecule has 0 saturated carbocycles. The Morgan fingerprint density at radius 1 is 1.45 bits per heavy atom. The Kier molecular flexibility index (Phi) is 5.57. The van der Waals surface area contributed by atoms with Crippen molar-refractivity contribution in [2.45, 2.75) is 12.8 Å². The maximum Gasteiger partial charge on any atom is 0.317 e. The number of halogens is 1. The molecule has 2 N–H and O–H groups in total. The first-order valence-electron chi connectivity index (χ1n) is 6.71. The molecule has 0 spiro atoms. The van der Waals surface area contributed by atoms with Gasteiger partial charge in [0.1, 0.15) is 0 Å². The minimum atomic E-state index is -0.923. The molecule has 0 atom stereocenters. The van der Waals surface area contributed by atoms with Crippen molar-refractivity contribution >= 4 is 45.2 Å². The second kappa shape index (κ2) is 7.42. The van der Waals surface area contributed by atoms with Crippen LogP contribution in [0.2, 0.25) is 5.02 Å². The quantitative estimate of drug-likeness (QED) is 0.846. The first kappa shape index (κ1) is 16.5. The van der Waals surface area contributed by atoms with Crippen molar-refractivity contribution in [1.29, 1.82) is 0 Å². The molecule has 0 aliphatic carbocycles. The molecule has 2 amide bonds. The molecule has 0 fully saturated rings. The highest BCUT2D eigenvalue weighted by molar-refractivity contribution is 7.18. The second-order valence-electron chi connectivity index (χ2n) is 4.77. The van der Waals surface area contributed by atoms with E-state index in [1.807, 2.05) is 18.2 Å². The number of aliphatic carboxylic acids is 1. The number of aromatic nitrogens is 1.